The summed E-state index contributed by atoms with van der Waals surface area (Å²) in [4.78, 5) is 13.5. The summed E-state index contributed by atoms with van der Waals surface area (Å²) >= 11 is 0. The maximum Gasteiger partial charge on any atom is 0.460 e. The first-order chi connectivity index (χ1) is 22.8. The highest BCUT2D eigenvalue weighted by atomic mass is 19.4. The lowest BCUT2D eigenvalue weighted by molar-refractivity contribution is -0.274. The summed E-state index contributed by atoms with van der Waals surface area (Å²) in [6.45, 7) is 6.56. The van der Waals surface area contributed by atoms with E-state index in [1.807, 2.05) is 0 Å². The van der Waals surface area contributed by atoms with Crippen LogP contribution in [0.4, 0.5) is 48.3 Å². The predicted octanol–water partition coefficient (Wildman–Crippen LogP) is 9.69. The number of amides is 1. The number of benzene rings is 1. The Morgan fingerprint density at radius 3 is 2.33 bits per heavy atom. The number of nitrogens with one attached hydrogen (secondary N) is 1. The molecule has 0 bridgehead atoms. The van der Waals surface area contributed by atoms with Gasteiger partial charge in [-0.25, -0.2) is 17.6 Å². The number of carbonyl (C=O) groups excluding carboxylic acids is 1. The lowest BCUT2D eigenvalue weighted by atomic mass is 9.82. The molecule has 2 atom stereocenters. The molecule has 15 heteroatoms. The molecule has 1 unspecified atom stereocenters. The maximum atomic E-state index is 14.9. The molecular weight excluding hydrogens is 679 g/mol. The van der Waals surface area contributed by atoms with Crippen LogP contribution in [-0.2, 0) is 20.7 Å². The number of alkyl halides is 9. The van der Waals surface area contributed by atoms with E-state index in [0.717, 1.165) is 24.3 Å². The molecule has 4 nitrogen and oxygen atoms in total. The quantitative estimate of drug-likeness (QED) is 0.106. The molecule has 0 radical (unpaired) electrons. The summed E-state index contributed by atoms with van der Waals surface area (Å²) in [7, 11) is 0. The Balaban J connectivity index is 2.03. The highest BCUT2D eigenvalue weighted by Gasteiger charge is 2.57. The summed E-state index contributed by atoms with van der Waals surface area (Å²) in [5, 5.41) is 2.52. The molecule has 0 aromatic heterocycles. The van der Waals surface area contributed by atoms with Gasteiger partial charge < -0.3 is 14.8 Å². The lowest BCUT2D eigenvalue weighted by Crippen LogP contribution is -2.50. The molecule has 49 heavy (non-hydrogen) atoms. The number of rotatable bonds is 16. The van der Waals surface area contributed by atoms with Crippen LogP contribution in [0.5, 0.6) is 0 Å². The molecule has 1 fully saturated rings. The zero-order valence-corrected chi connectivity index (χ0v) is 25.5. The van der Waals surface area contributed by atoms with E-state index in [2.05, 4.69) is 23.2 Å². The van der Waals surface area contributed by atoms with Gasteiger partial charge in [0.15, 0.2) is 5.83 Å². The molecule has 1 amide bonds. The molecule has 266 valence electrons. The van der Waals surface area contributed by atoms with Crippen LogP contribution in [-0.4, -0.2) is 42.7 Å². The fourth-order valence-electron chi connectivity index (χ4n) is 4.42. The molecule has 2 aliphatic carbocycles. The highest BCUT2D eigenvalue weighted by molar-refractivity contribution is 5.95. The van der Waals surface area contributed by atoms with E-state index in [1.165, 1.54) is 0 Å². The minimum Gasteiger partial charge on any atom is -0.491 e. The van der Waals surface area contributed by atoms with Crippen LogP contribution in [0.15, 0.2) is 126 Å². The standard InChI is InChI=1S/C34H30F11NO3/c1-21(16-27(35)13-15-49-34(44,45)30(37)38)31(18-23-8-4-3-5-9-23,46-29(47)24-10-6-11-25(17-24)33(41,42)43)14-7-12-28(36)22(2)48-20-26-19-32(26,39)40/h3-5,7-9,11-17,26,30H,1-2,6,10,18-20H2,(H,46,47)/t26?,31-/m0/s1. The fraction of sp³-hybridized carbons (Fsp3) is 0.324. The van der Waals surface area contributed by atoms with Crippen LogP contribution in [0, 0.1) is 5.92 Å². The molecule has 1 saturated carbocycles. The van der Waals surface area contributed by atoms with Crippen LogP contribution in [0.25, 0.3) is 0 Å². The van der Waals surface area contributed by atoms with Crippen molar-refractivity contribution in [2.24, 2.45) is 5.92 Å². The van der Waals surface area contributed by atoms with Gasteiger partial charge in [-0.05, 0) is 42.2 Å². The Morgan fingerprint density at radius 2 is 1.73 bits per heavy atom. The average molecular weight is 710 g/mol. The van der Waals surface area contributed by atoms with Gasteiger partial charge in [-0.15, -0.1) is 0 Å². The van der Waals surface area contributed by atoms with Gasteiger partial charge in [0.05, 0.1) is 29.9 Å². The Kier molecular flexibility index (Phi) is 12.5. The molecule has 0 aliphatic heterocycles. The zero-order chi connectivity index (χ0) is 36.6. The van der Waals surface area contributed by atoms with E-state index in [-0.39, 0.29) is 42.7 Å². The summed E-state index contributed by atoms with van der Waals surface area (Å²) in [5.74, 6) is -8.25. The first-order valence-corrected chi connectivity index (χ1v) is 14.4. The third-order valence-corrected chi connectivity index (χ3v) is 7.28. The first-order valence-electron chi connectivity index (χ1n) is 14.4. The number of hydrogen-bond donors (Lipinski definition) is 1. The van der Waals surface area contributed by atoms with Gasteiger partial charge in [-0.3, -0.25) is 4.79 Å². The number of ether oxygens (including phenoxy) is 2. The monoisotopic (exact) mass is 709 g/mol. The Morgan fingerprint density at radius 1 is 1.08 bits per heavy atom. The van der Waals surface area contributed by atoms with Crippen molar-refractivity contribution < 1.29 is 62.6 Å². The van der Waals surface area contributed by atoms with Gasteiger partial charge >= 0.3 is 18.7 Å². The molecule has 1 aromatic rings. The van der Waals surface area contributed by atoms with E-state index in [0.29, 0.717) is 17.7 Å². The minimum atomic E-state index is -4.94. The normalized spacial score (nSPS) is 19.7. The third-order valence-electron chi connectivity index (χ3n) is 7.28. The lowest BCUT2D eigenvalue weighted by Gasteiger charge is -2.34. The van der Waals surface area contributed by atoms with Crippen LogP contribution in [0.2, 0.25) is 0 Å². The van der Waals surface area contributed by atoms with Crippen LogP contribution >= 0.6 is 0 Å². The Hall–Kier alpha value is -4.56. The Bertz CT molecular complexity index is 1570. The molecule has 3 rings (SSSR count). The highest BCUT2D eigenvalue weighted by Crippen LogP contribution is 2.49. The molecule has 0 spiro atoms. The summed E-state index contributed by atoms with van der Waals surface area (Å²) < 4.78 is 156. The van der Waals surface area contributed by atoms with Crippen molar-refractivity contribution in [2.75, 3.05) is 6.61 Å². The molecule has 0 heterocycles. The van der Waals surface area contributed by atoms with Crippen molar-refractivity contribution in [1.82, 2.24) is 5.32 Å². The summed E-state index contributed by atoms with van der Waals surface area (Å²) in [6, 6.07) is 7.93. The number of carbonyl (C=O) groups is 1. The molecular formula is C34H30F11NO3. The smallest absolute Gasteiger partial charge is 0.460 e. The van der Waals surface area contributed by atoms with Crippen molar-refractivity contribution >= 4 is 5.91 Å². The van der Waals surface area contributed by atoms with Crippen molar-refractivity contribution in [1.29, 1.82) is 0 Å². The number of hydrogen-bond acceptors (Lipinski definition) is 3. The number of halogens is 11. The number of allylic oxidation sites excluding steroid dienone is 8. The second-order valence-electron chi connectivity index (χ2n) is 11.1. The predicted molar refractivity (Wildman–Crippen MR) is 158 cm³/mol. The largest absolute Gasteiger partial charge is 0.491 e. The van der Waals surface area contributed by atoms with Crippen molar-refractivity contribution in [3.8, 4) is 0 Å². The molecule has 1 N–H and O–H groups in total. The first kappa shape index (κ1) is 38.9. The van der Waals surface area contributed by atoms with Crippen molar-refractivity contribution in [3.05, 3.63) is 132 Å². The van der Waals surface area contributed by atoms with E-state index in [9.17, 15) is 53.1 Å². The van der Waals surface area contributed by atoms with Crippen LogP contribution < -0.4 is 5.32 Å². The van der Waals surface area contributed by atoms with Gasteiger partial charge in [0.1, 0.15) is 11.6 Å². The van der Waals surface area contributed by atoms with E-state index in [4.69, 9.17) is 4.74 Å². The molecule has 0 saturated heterocycles. The second kappa shape index (κ2) is 15.8. The summed E-state index contributed by atoms with van der Waals surface area (Å²) in [6.07, 6.45) is -9.78. The van der Waals surface area contributed by atoms with Gasteiger partial charge in [-0.1, -0.05) is 61.7 Å². The maximum absolute atomic E-state index is 14.9. The van der Waals surface area contributed by atoms with E-state index < -0.39 is 78.0 Å². The SMILES string of the molecule is C=C(OCC1CC1(F)F)C(F)=CC=C[C@@](Cc1ccccc1)(NC(=O)C1=CC(C(F)(F)F)=CCC1)C(=C)C=C(F)C=COC(F)(F)C(F)F. The second-order valence-corrected chi connectivity index (χ2v) is 11.1. The van der Waals surface area contributed by atoms with E-state index >= 15 is 0 Å². The van der Waals surface area contributed by atoms with Gasteiger partial charge in [-0.2, -0.15) is 30.7 Å². The van der Waals surface area contributed by atoms with Gasteiger partial charge in [0.2, 0.25) is 5.91 Å². The van der Waals surface area contributed by atoms with Gasteiger partial charge in [0, 0.05) is 24.5 Å². The zero-order valence-electron chi connectivity index (χ0n) is 25.5. The average Bonchev–Trinajstić information content (AvgIpc) is 3.65. The van der Waals surface area contributed by atoms with Gasteiger partial charge in [0.25, 0.3) is 5.92 Å². The Labute approximate surface area is 274 Å². The van der Waals surface area contributed by atoms with Crippen LogP contribution in [0.1, 0.15) is 24.8 Å². The fourth-order valence-corrected chi connectivity index (χ4v) is 4.42. The van der Waals surface area contributed by atoms with Crippen molar-refractivity contribution in [3.63, 3.8) is 0 Å². The van der Waals surface area contributed by atoms with E-state index in [1.54, 1.807) is 30.3 Å². The topological polar surface area (TPSA) is 47.6 Å². The minimum absolute atomic E-state index is 0.0440. The van der Waals surface area contributed by atoms with Crippen LogP contribution in [0.3, 0.4) is 0 Å². The molecule has 1 aromatic carbocycles. The molecule has 2 aliphatic rings. The van der Waals surface area contributed by atoms with Crippen molar-refractivity contribution in [2.45, 2.75) is 55.9 Å². The summed E-state index contributed by atoms with van der Waals surface area (Å²) in [5.41, 5.74) is -3.32. The third kappa shape index (κ3) is 11.2.